The van der Waals surface area contributed by atoms with Crippen LogP contribution in [0.25, 0.3) is 0 Å². The van der Waals surface area contributed by atoms with Crippen molar-refractivity contribution in [3.8, 4) is 0 Å². The number of aryl methyl sites for hydroxylation is 1. The summed E-state index contributed by atoms with van der Waals surface area (Å²) in [6.07, 6.45) is 3.88. The molecule has 1 aliphatic heterocycles. The lowest BCUT2D eigenvalue weighted by molar-refractivity contribution is 0.223. The van der Waals surface area contributed by atoms with E-state index in [1.54, 1.807) is 0 Å². The predicted octanol–water partition coefficient (Wildman–Crippen LogP) is 1.32. The Morgan fingerprint density at radius 1 is 1.50 bits per heavy atom. The van der Waals surface area contributed by atoms with E-state index in [9.17, 15) is 0 Å². The van der Waals surface area contributed by atoms with Crippen molar-refractivity contribution >= 4 is 0 Å². The van der Waals surface area contributed by atoms with Gasteiger partial charge in [-0.3, -0.25) is 4.90 Å². The van der Waals surface area contributed by atoms with Gasteiger partial charge in [0.1, 0.15) is 5.82 Å². The zero-order valence-corrected chi connectivity index (χ0v) is 11.7. The second kappa shape index (κ2) is 4.67. The summed E-state index contributed by atoms with van der Waals surface area (Å²) in [6, 6.07) is 1.44. The fourth-order valence-corrected chi connectivity index (χ4v) is 2.98. The molecule has 1 atom stereocenters. The normalized spacial score (nSPS) is 21.1. The van der Waals surface area contributed by atoms with E-state index in [-0.39, 0.29) is 0 Å². The number of hydrogen-bond donors (Lipinski definition) is 1. The molecule has 0 radical (unpaired) electrons. The minimum atomic E-state index is 0.601. The van der Waals surface area contributed by atoms with E-state index in [0.717, 1.165) is 32.1 Å². The topological polar surface area (TPSA) is 33.1 Å². The van der Waals surface area contributed by atoms with Gasteiger partial charge in [-0.05, 0) is 33.7 Å². The third kappa shape index (κ3) is 2.19. The Morgan fingerprint density at radius 3 is 3.00 bits per heavy atom. The van der Waals surface area contributed by atoms with Gasteiger partial charge in [-0.1, -0.05) is 0 Å². The van der Waals surface area contributed by atoms with Crippen molar-refractivity contribution < 1.29 is 0 Å². The summed E-state index contributed by atoms with van der Waals surface area (Å²) in [4.78, 5) is 7.24. The Bertz CT molecular complexity index is 433. The van der Waals surface area contributed by atoms with Crippen molar-refractivity contribution in [3.63, 3.8) is 0 Å². The fraction of sp³-hybridized carbons (Fsp3) is 0.786. The van der Waals surface area contributed by atoms with E-state index >= 15 is 0 Å². The molecule has 2 heterocycles. The maximum absolute atomic E-state index is 4.71. The zero-order valence-electron chi connectivity index (χ0n) is 11.7. The molecule has 1 N–H and O–H groups in total. The molecule has 2 aliphatic rings. The molecule has 0 saturated heterocycles. The van der Waals surface area contributed by atoms with Crippen LogP contribution in [0.2, 0.25) is 0 Å². The van der Waals surface area contributed by atoms with Crippen LogP contribution >= 0.6 is 0 Å². The number of likely N-dealkylation sites (N-methyl/N-ethyl adjacent to an activating group) is 1. The van der Waals surface area contributed by atoms with Crippen molar-refractivity contribution in [2.24, 2.45) is 0 Å². The highest BCUT2D eigenvalue weighted by Gasteiger charge is 2.30. The van der Waals surface area contributed by atoms with Crippen LogP contribution in [-0.2, 0) is 19.5 Å². The number of fused-ring (bicyclic) bond motifs is 1. The zero-order chi connectivity index (χ0) is 12.7. The van der Waals surface area contributed by atoms with Gasteiger partial charge in [0.15, 0.2) is 0 Å². The third-order valence-electron chi connectivity index (χ3n) is 4.44. The summed E-state index contributed by atoms with van der Waals surface area (Å²) < 4.78 is 2.44. The summed E-state index contributed by atoms with van der Waals surface area (Å²) >= 11 is 0. The third-order valence-corrected chi connectivity index (χ3v) is 4.44. The van der Waals surface area contributed by atoms with Gasteiger partial charge in [-0.15, -0.1) is 0 Å². The van der Waals surface area contributed by atoms with Gasteiger partial charge < -0.3 is 9.88 Å². The number of aromatic nitrogens is 2. The Hall–Kier alpha value is -0.870. The minimum Gasteiger partial charge on any atom is -0.330 e. The average Bonchev–Trinajstić information content (AvgIpc) is 3.15. The summed E-state index contributed by atoms with van der Waals surface area (Å²) in [7, 11) is 2.27. The summed E-state index contributed by atoms with van der Waals surface area (Å²) in [5.41, 5.74) is 2.72. The molecule has 18 heavy (non-hydrogen) atoms. The molecule has 1 unspecified atom stereocenters. The van der Waals surface area contributed by atoms with Crippen molar-refractivity contribution in [3.05, 3.63) is 17.2 Å². The standard InChI is InChI=1S/C14H24N4/c1-10(17(3)12-4-5-12)9-18-11(2)16-13-8-15-7-6-14(13)18/h10,12,15H,4-9H2,1-3H3. The molecule has 0 aromatic carbocycles. The average molecular weight is 248 g/mol. The van der Waals surface area contributed by atoms with Gasteiger partial charge in [-0.25, -0.2) is 4.98 Å². The Labute approximate surface area is 109 Å². The monoisotopic (exact) mass is 248 g/mol. The van der Waals surface area contributed by atoms with Gasteiger partial charge in [0, 0.05) is 43.8 Å². The first kappa shape index (κ1) is 12.2. The molecular weight excluding hydrogens is 224 g/mol. The van der Waals surface area contributed by atoms with Gasteiger partial charge in [0.05, 0.1) is 5.69 Å². The highest BCUT2D eigenvalue weighted by Crippen LogP contribution is 2.28. The van der Waals surface area contributed by atoms with E-state index in [0.29, 0.717) is 6.04 Å². The van der Waals surface area contributed by atoms with Crippen molar-refractivity contribution in [2.75, 3.05) is 13.6 Å². The Morgan fingerprint density at radius 2 is 2.28 bits per heavy atom. The van der Waals surface area contributed by atoms with Crippen molar-refractivity contribution in [1.29, 1.82) is 0 Å². The molecule has 0 spiro atoms. The summed E-state index contributed by atoms with van der Waals surface area (Å²) in [5.74, 6) is 1.18. The molecule has 0 amide bonds. The first-order valence-electron chi connectivity index (χ1n) is 7.14. The molecule has 1 aromatic heterocycles. The maximum atomic E-state index is 4.71. The van der Waals surface area contributed by atoms with Crippen LogP contribution in [0, 0.1) is 6.92 Å². The van der Waals surface area contributed by atoms with Crippen LogP contribution in [0.3, 0.4) is 0 Å². The quantitative estimate of drug-likeness (QED) is 0.872. The predicted molar refractivity (Wildman–Crippen MR) is 72.6 cm³/mol. The highest BCUT2D eigenvalue weighted by atomic mass is 15.2. The maximum Gasteiger partial charge on any atom is 0.106 e. The largest absolute Gasteiger partial charge is 0.330 e. The SMILES string of the molecule is Cc1nc2c(n1CC(C)N(C)C1CC1)CCNC2. The molecule has 1 aliphatic carbocycles. The first-order chi connectivity index (χ1) is 8.66. The van der Waals surface area contributed by atoms with E-state index in [2.05, 4.69) is 35.7 Å². The molecule has 1 aromatic rings. The molecule has 3 rings (SSSR count). The van der Waals surface area contributed by atoms with Crippen LogP contribution in [0.1, 0.15) is 37.0 Å². The number of rotatable bonds is 4. The highest BCUT2D eigenvalue weighted by molar-refractivity contribution is 5.20. The number of nitrogens with zero attached hydrogens (tertiary/aromatic N) is 3. The number of imidazole rings is 1. The van der Waals surface area contributed by atoms with Crippen LogP contribution in [-0.4, -0.2) is 40.1 Å². The van der Waals surface area contributed by atoms with E-state index in [1.165, 1.54) is 30.1 Å². The molecular formula is C14H24N4. The van der Waals surface area contributed by atoms with Gasteiger partial charge in [0.2, 0.25) is 0 Å². The summed E-state index contributed by atoms with van der Waals surface area (Å²) in [5, 5.41) is 3.40. The molecule has 1 fully saturated rings. The van der Waals surface area contributed by atoms with Crippen molar-refractivity contribution in [1.82, 2.24) is 19.8 Å². The summed E-state index contributed by atoms with van der Waals surface area (Å²) in [6.45, 7) is 7.59. The van der Waals surface area contributed by atoms with Crippen LogP contribution < -0.4 is 5.32 Å². The van der Waals surface area contributed by atoms with Crippen LogP contribution in [0.4, 0.5) is 0 Å². The van der Waals surface area contributed by atoms with E-state index < -0.39 is 0 Å². The fourth-order valence-electron chi connectivity index (χ4n) is 2.98. The minimum absolute atomic E-state index is 0.601. The van der Waals surface area contributed by atoms with E-state index in [1.807, 2.05) is 0 Å². The Balaban J connectivity index is 1.77. The van der Waals surface area contributed by atoms with Gasteiger partial charge >= 0.3 is 0 Å². The van der Waals surface area contributed by atoms with Crippen LogP contribution in [0.5, 0.6) is 0 Å². The second-order valence-corrected chi connectivity index (χ2v) is 5.84. The van der Waals surface area contributed by atoms with Gasteiger partial charge in [0.25, 0.3) is 0 Å². The second-order valence-electron chi connectivity index (χ2n) is 5.84. The molecule has 1 saturated carbocycles. The van der Waals surface area contributed by atoms with Crippen molar-refractivity contribution in [2.45, 2.75) is 58.3 Å². The van der Waals surface area contributed by atoms with E-state index in [4.69, 9.17) is 4.98 Å². The smallest absolute Gasteiger partial charge is 0.106 e. The number of hydrogen-bond acceptors (Lipinski definition) is 3. The van der Waals surface area contributed by atoms with Gasteiger partial charge in [-0.2, -0.15) is 0 Å². The lowest BCUT2D eigenvalue weighted by Gasteiger charge is -2.26. The molecule has 4 heteroatoms. The Kier molecular flexibility index (Phi) is 3.16. The lowest BCUT2D eigenvalue weighted by Crippen LogP contribution is -2.35. The first-order valence-corrected chi connectivity index (χ1v) is 7.14. The molecule has 0 bridgehead atoms. The molecule has 100 valence electrons. The van der Waals surface area contributed by atoms with Crippen LogP contribution in [0.15, 0.2) is 0 Å². The lowest BCUT2D eigenvalue weighted by atomic mass is 10.1. The molecule has 4 nitrogen and oxygen atoms in total. The number of nitrogens with one attached hydrogen (secondary N) is 1.